The first-order valence-electron chi connectivity index (χ1n) is 11.4. The number of nitrogen functional groups attached to an aromatic ring is 1. The molecular formula is C24H31N5O6. The van der Waals surface area contributed by atoms with Crippen molar-refractivity contribution in [1.82, 2.24) is 20.3 Å². The minimum Gasteiger partial charge on any atom is -0.481 e. The molecule has 1 aliphatic carbocycles. The Labute approximate surface area is 201 Å². The average Bonchev–Trinajstić information content (AvgIpc) is 3.17. The maximum atomic E-state index is 12.8. The number of esters is 1. The summed E-state index contributed by atoms with van der Waals surface area (Å²) in [5.41, 5.74) is 7.42. The summed E-state index contributed by atoms with van der Waals surface area (Å²) in [5, 5.41) is 12.1. The number of rotatable bonds is 9. The number of carboxylic acid groups (broad SMARTS) is 1. The van der Waals surface area contributed by atoms with Gasteiger partial charge in [0.15, 0.2) is 0 Å². The number of aromatic amines is 2. The largest absolute Gasteiger partial charge is 0.481 e. The summed E-state index contributed by atoms with van der Waals surface area (Å²) in [4.78, 5) is 58.0. The molecule has 2 aromatic rings. The molecule has 0 aliphatic heterocycles. The first kappa shape index (κ1) is 25.7. The predicted octanol–water partition coefficient (Wildman–Crippen LogP) is 2.10. The molecule has 3 rings (SSSR count). The molecule has 1 atom stereocenters. The van der Waals surface area contributed by atoms with Gasteiger partial charge in [-0.1, -0.05) is 17.7 Å². The summed E-state index contributed by atoms with van der Waals surface area (Å²) < 4.78 is 5.33. The Morgan fingerprint density at radius 2 is 1.97 bits per heavy atom. The van der Waals surface area contributed by atoms with E-state index in [1.54, 1.807) is 33.0 Å². The van der Waals surface area contributed by atoms with Gasteiger partial charge in [-0.2, -0.15) is 4.98 Å². The number of fused-ring (bicyclic) bond motifs is 1. The van der Waals surface area contributed by atoms with Gasteiger partial charge in [-0.05, 0) is 58.4 Å². The minimum absolute atomic E-state index is 0.0544. The number of amides is 1. The number of nitrogens with one attached hydrogen (secondary N) is 3. The lowest BCUT2D eigenvalue weighted by Crippen LogP contribution is -2.45. The quantitative estimate of drug-likeness (QED) is 0.335. The molecule has 11 heteroatoms. The highest BCUT2D eigenvalue weighted by atomic mass is 16.6. The molecule has 2 heterocycles. The third-order valence-electron chi connectivity index (χ3n) is 5.53. The van der Waals surface area contributed by atoms with Gasteiger partial charge in [-0.25, -0.2) is 4.79 Å². The van der Waals surface area contributed by atoms with Gasteiger partial charge in [0.1, 0.15) is 17.3 Å². The number of hydrogen-bond acceptors (Lipinski definition) is 7. The molecular weight excluding hydrogens is 454 g/mol. The molecule has 1 aliphatic rings. The van der Waals surface area contributed by atoms with Crippen LogP contribution in [0, 0.1) is 0 Å². The van der Waals surface area contributed by atoms with Crippen molar-refractivity contribution in [2.75, 3.05) is 5.73 Å². The van der Waals surface area contributed by atoms with E-state index in [9.17, 15) is 19.2 Å². The van der Waals surface area contributed by atoms with E-state index < -0.39 is 29.5 Å². The van der Waals surface area contributed by atoms with Crippen LogP contribution in [0.15, 0.2) is 34.3 Å². The van der Waals surface area contributed by atoms with Gasteiger partial charge < -0.3 is 25.9 Å². The van der Waals surface area contributed by atoms with Crippen LogP contribution in [0.5, 0.6) is 0 Å². The van der Waals surface area contributed by atoms with E-state index >= 15 is 0 Å². The van der Waals surface area contributed by atoms with Crippen molar-refractivity contribution >= 4 is 34.8 Å². The normalized spacial score (nSPS) is 14.7. The molecule has 6 N–H and O–H groups in total. The number of nitrogens with two attached hydrogens (primary N) is 1. The lowest BCUT2D eigenvalue weighted by atomic mass is 9.93. The van der Waals surface area contributed by atoms with Gasteiger partial charge in [-0.3, -0.25) is 19.4 Å². The molecule has 0 bridgehead atoms. The van der Waals surface area contributed by atoms with Crippen molar-refractivity contribution in [2.24, 2.45) is 0 Å². The Bertz CT molecular complexity index is 1250. The lowest BCUT2D eigenvalue weighted by molar-refractivity contribution is -0.158. The summed E-state index contributed by atoms with van der Waals surface area (Å²) in [7, 11) is 0. The van der Waals surface area contributed by atoms with Gasteiger partial charge >= 0.3 is 11.9 Å². The monoisotopic (exact) mass is 485 g/mol. The minimum atomic E-state index is -1.06. The summed E-state index contributed by atoms with van der Waals surface area (Å²) in [6.45, 7) is 5.11. The van der Waals surface area contributed by atoms with Crippen LogP contribution in [0.4, 0.5) is 5.95 Å². The van der Waals surface area contributed by atoms with Gasteiger partial charge in [0.05, 0.1) is 5.39 Å². The van der Waals surface area contributed by atoms with E-state index in [0.717, 1.165) is 11.1 Å². The number of hydrogen-bond donors (Lipinski definition) is 5. The molecule has 11 nitrogen and oxygen atoms in total. The van der Waals surface area contributed by atoms with Gasteiger partial charge in [-0.15, -0.1) is 0 Å². The van der Waals surface area contributed by atoms with Crippen LogP contribution in [0.25, 0.3) is 11.0 Å². The Balaban J connectivity index is 1.64. The second kappa shape index (κ2) is 10.6. The van der Waals surface area contributed by atoms with Crippen LogP contribution < -0.4 is 16.6 Å². The number of ether oxygens (including phenoxy) is 1. The summed E-state index contributed by atoms with van der Waals surface area (Å²) >= 11 is 0. The zero-order valence-electron chi connectivity index (χ0n) is 20.1. The van der Waals surface area contributed by atoms with E-state index in [4.69, 9.17) is 15.6 Å². The lowest BCUT2D eigenvalue weighted by Gasteiger charge is -2.25. The molecule has 1 amide bonds. The zero-order valence-corrected chi connectivity index (χ0v) is 20.1. The molecule has 0 radical (unpaired) electrons. The van der Waals surface area contributed by atoms with Crippen molar-refractivity contribution in [1.29, 1.82) is 0 Å². The maximum absolute atomic E-state index is 12.8. The van der Waals surface area contributed by atoms with E-state index in [2.05, 4.69) is 20.3 Å². The van der Waals surface area contributed by atoms with Gasteiger partial charge in [0, 0.05) is 18.2 Å². The SMILES string of the molecule is CC(C)(C)OC(=O)[C@H](CCC(=O)O)NC(=O)C1=CC=C(CCc2c[nH]c3nc(N)[nH]c(=O)c23)CC1. The number of carbonyl (C=O) groups excluding carboxylic acids is 2. The average molecular weight is 486 g/mol. The van der Waals surface area contributed by atoms with Crippen molar-refractivity contribution < 1.29 is 24.2 Å². The second-order valence-electron chi connectivity index (χ2n) is 9.50. The third kappa shape index (κ3) is 7.05. The fourth-order valence-electron chi connectivity index (χ4n) is 3.83. The van der Waals surface area contributed by atoms with E-state index in [-0.39, 0.29) is 24.3 Å². The van der Waals surface area contributed by atoms with Crippen LogP contribution in [0.2, 0.25) is 0 Å². The van der Waals surface area contributed by atoms with Crippen molar-refractivity contribution in [3.63, 3.8) is 0 Å². The maximum Gasteiger partial charge on any atom is 0.329 e. The molecule has 188 valence electrons. The summed E-state index contributed by atoms with van der Waals surface area (Å²) in [6.07, 6.45) is 7.43. The van der Waals surface area contributed by atoms with Crippen LogP contribution in [0.3, 0.4) is 0 Å². The summed E-state index contributed by atoms with van der Waals surface area (Å²) in [6, 6.07) is -1.05. The highest BCUT2D eigenvalue weighted by Gasteiger charge is 2.28. The van der Waals surface area contributed by atoms with Crippen LogP contribution in [-0.4, -0.2) is 49.5 Å². The number of anilines is 1. The fourth-order valence-corrected chi connectivity index (χ4v) is 3.83. The second-order valence-corrected chi connectivity index (χ2v) is 9.50. The third-order valence-corrected chi connectivity index (χ3v) is 5.53. The van der Waals surface area contributed by atoms with E-state index in [0.29, 0.717) is 42.3 Å². The van der Waals surface area contributed by atoms with Crippen LogP contribution >= 0.6 is 0 Å². The Morgan fingerprint density at radius 1 is 1.23 bits per heavy atom. The van der Waals surface area contributed by atoms with Crippen molar-refractivity contribution in [3.05, 3.63) is 45.4 Å². The molecule has 0 fully saturated rings. The molecule has 0 aromatic carbocycles. The Morgan fingerprint density at radius 3 is 2.60 bits per heavy atom. The highest BCUT2D eigenvalue weighted by Crippen LogP contribution is 2.24. The van der Waals surface area contributed by atoms with Crippen LogP contribution in [-0.2, 0) is 25.5 Å². The Hall–Kier alpha value is -3.89. The topological polar surface area (TPSA) is 180 Å². The molecule has 0 spiro atoms. The van der Waals surface area contributed by atoms with E-state index in [1.807, 2.05) is 6.08 Å². The van der Waals surface area contributed by atoms with Crippen LogP contribution in [0.1, 0.15) is 58.4 Å². The molecule has 0 saturated heterocycles. The molecule has 0 saturated carbocycles. The number of aliphatic carboxylic acids is 1. The number of aryl methyl sites for hydroxylation is 1. The van der Waals surface area contributed by atoms with E-state index in [1.165, 1.54) is 0 Å². The standard InChI is InChI=1S/C24H31N5O6/c1-24(2,3)35-22(34)16(10-11-17(30)31)27-20(32)14-7-4-13(5-8-14)6-9-15-12-26-19-18(15)21(33)29-23(25)28-19/h4,7,12,16H,5-6,8-11H2,1-3H3,(H,27,32)(H,30,31)(H4,25,26,28,29,33)/t16-/m0/s1. The predicted molar refractivity (Wildman–Crippen MR) is 129 cm³/mol. The van der Waals surface area contributed by atoms with Crippen molar-refractivity contribution in [3.8, 4) is 0 Å². The Kier molecular flexibility index (Phi) is 7.78. The van der Waals surface area contributed by atoms with Gasteiger partial charge in [0.25, 0.3) is 5.56 Å². The van der Waals surface area contributed by atoms with Crippen molar-refractivity contribution in [2.45, 2.75) is 70.9 Å². The number of nitrogens with zero attached hydrogens (tertiary/aromatic N) is 1. The number of H-pyrrole nitrogens is 2. The highest BCUT2D eigenvalue weighted by molar-refractivity contribution is 5.96. The smallest absolute Gasteiger partial charge is 0.329 e. The molecule has 0 unspecified atom stereocenters. The molecule has 2 aromatic heterocycles. The number of aromatic nitrogens is 3. The zero-order chi connectivity index (χ0) is 25.8. The first-order chi connectivity index (χ1) is 16.4. The number of carboxylic acids is 1. The number of allylic oxidation sites excluding steroid dienone is 3. The fraction of sp³-hybridized carbons (Fsp3) is 0.458. The van der Waals surface area contributed by atoms with Gasteiger partial charge in [0.2, 0.25) is 11.9 Å². The summed E-state index contributed by atoms with van der Waals surface area (Å²) in [5.74, 6) is -2.09. The number of carbonyl (C=O) groups is 3. The first-order valence-corrected chi connectivity index (χ1v) is 11.4. The molecule has 35 heavy (non-hydrogen) atoms.